The molecule has 10 nitrogen and oxygen atoms in total. The second-order valence-corrected chi connectivity index (χ2v) is 11.9. The number of rotatable bonds is 13. The maximum absolute atomic E-state index is 13.5. The molecule has 0 spiro atoms. The van der Waals surface area contributed by atoms with Crippen molar-refractivity contribution in [2.45, 2.75) is 50.1 Å². The van der Waals surface area contributed by atoms with Gasteiger partial charge in [0.15, 0.2) is 11.6 Å². The third kappa shape index (κ3) is 7.58. The summed E-state index contributed by atoms with van der Waals surface area (Å²) in [5.74, 6) is 1.38. The van der Waals surface area contributed by atoms with E-state index in [1.165, 1.54) is 11.1 Å². The number of carbonyl (C=O) groups excluding carboxylic acids is 1. The Balaban J connectivity index is 1.17. The van der Waals surface area contributed by atoms with Gasteiger partial charge in [-0.15, -0.1) is 0 Å². The van der Waals surface area contributed by atoms with Crippen LogP contribution in [0.25, 0.3) is 11.4 Å². The molecular weight excluding hydrogens is 566 g/mol. The summed E-state index contributed by atoms with van der Waals surface area (Å²) in [5.41, 5.74) is 4.52. The van der Waals surface area contributed by atoms with E-state index in [1.807, 2.05) is 36.4 Å². The first-order valence-corrected chi connectivity index (χ1v) is 16.0. The Hall–Kier alpha value is -4.12. The number of benzene rings is 2. The Morgan fingerprint density at radius 2 is 1.89 bits per heavy atom. The molecule has 1 unspecified atom stereocenters. The van der Waals surface area contributed by atoms with E-state index in [0.717, 1.165) is 81.8 Å². The minimum Gasteiger partial charge on any atom is -0.382 e. The molecule has 6 rings (SSSR count). The molecule has 1 atom stereocenters. The van der Waals surface area contributed by atoms with Crippen LogP contribution in [0.1, 0.15) is 65.5 Å². The summed E-state index contributed by atoms with van der Waals surface area (Å²) in [6.07, 6.45) is 9.22. The topological polar surface area (TPSA) is 117 Å². The SMILES string of the molecule is COCCOCCCN1CCC(Nc2cccc(C(=O)NC3CCCc4ccccc43)c2)(c2nc(-c3ccncc3)n[nH]2)CC1. The van der Waals surface area contributed by atoms with E-state index in [4.69, 9.17) is 14.5 Å². The summed E-state index contributed by atoms with van der Waals surface area (Å²) in [5, 5.41) is 14.9. The van der Waals surface area contributed by atoms with Crippen LogP contribution in [0.5, 0.6) is 0 Å². The number of aromatic amines is 1. The number of hydrogen-bond donors (Lipinski definition) is 3. The van der Waals surface area contributed by atoms with Crippen LogP contribution in [-0.2, 0) is 21.4 Å². The molecule has 1 fully saturated rings. The number of piperidine rings is 1. The van der Waals surface area contributed by atoms with Crippen LogP contribution in [0.15, 0.2) is 73.1 Å². The predicted octanol–water partition coefficient (Wildman–Crippen LogP) is 5.13. The number of nitrogens with zero attached hydrogens (tertiary/aromatic N) is 4. The van der Waals surface area contributed by atoms with Crippen molar-refractivity contribution in [1.29, 1.82) is 0 Å². The van der Waals surface area contributed by atoms with E-state index in [0.29, 0.717) is 24.6 Å². The summed E-state index contributed by atoms with van der Waals surface area (Å²) < 4.78 is 10.7. The number of aryl methyl sites for hydroxylation is 1. The molecule has 10 heteroatoms. The van der Waals surface area contributed by atoms with Crippen molar-refractivity contribution in [2.75, 3.05) is 51.9 Å². The van der Waals surface area contributed by atoms with Gasteiger partial charge in [-0.1, -0.05) is 30.3 Å². The van der Waals surface area contributed by atoms with Crippen LogP contribution in [-0.4, -0.2) is 77.5 Å². The lowest BCUT2D eigenvalue weighted by molar-refractivity contribution is 0.0625. The molecular formula is C35H43N7O3. The van der Waals surface area contributed by atoms with Crippen molar-refractivity contribution >= 4 is 11.6 Å². The molecule has 1 saturated heterocycles. The van der Waals surface area contributed by atoms with E-state index in [2.05, 4.69) is 55.0 Å². The standard InChI is InChI=1S/C35H43N7O3/c1-44-23-24-45-22-6-19-42-20-15-35(16-21-42,34-38-32(40-41-34)27-13-17-36-18-14-27)39-29-10-4-9-28(25-29)33(43)37-31-12-5-8-26-7-2-3-11-30(26)31/h2-4,7,9-11,13-14,17-18,25,31,39H,5-6,8,12,15-16,19-24H2,1H3,(H,37,43)(H,38,40,41). The molecule has 3 heterocycles. The van der Waals surface area contributed by atoms with Crippen LogP contribution in [0, 0.1) is 0 Å². The van der Waals surface area contributed by atoms with Crippen LogP contribution in [0.2, 0.25) is 0 Å². The number of hydrogen-bond acceptors (Lipinski definition) is 8. The fourth-order valence-corrected chi connectivity index (χ4v) is 6.48. The van der Waals surface area contributed by atoms with Gasteiger partial charge in [0.1, 0.15) is 0 Å². The second-order valence-electron chi connectivity index (χ2n) is 11.9. The maximum atomic E-state index is 13.5. The number of likely N-dealkylation sites (tertiary alicyclic amines) is 1. The van der Waals surface area contributed by atoms with Gasteiger partial charge in [0, 0.05) is 62.6 Å². The summed E-state index contributed by atoms with van der Waals surface area (Å²) >= 11 is 0. The second kappa shape index (κ2) is 14.8. The van der Waals surface area contributed by atoms with Gasteiger partial charge in [0.05, 0.1) is 24.8 Å². The van der Waals surface area contributed by atoms with Crippen molar-refractivity contribution in [1.82, 2.24) is 30.4 Å². The molecule has 3 N–H and O–H groups in total. The zero-order valence-corrected chi connectivity index (χ0v) is 26.0. The van der Waals surface area contributed by atoms with Gasteiger partial charge < -0.3 is 25.0 Å². The number of methoxy groups -OCH3 is 1. The molecule has 1 aliphatic carbocycles. The van der Waals surface area contributed by atoms with E-state index in [9.17, 15) is 4.79 Å². The van der Waals surface area contributed by atoms with Gasteiger partial charge in [-0.3, -0.25) is 14.9 Å². The Morgan fingerprint density at radius 3 is 2.73 bits per heavy atom. The lowest BCUT2D eigenvalue weighted by atomic mass is 9.86. The number of anilines is 1. The van der Waals surface area contributed by atoms with Crippen molar-refractivity contribution in [3.8, 4) is 11.4 Å². The van der Waals surface area contributed by atoms with Gasteiger partial charge >= 0.3 is 0 Å². The molecule has 236 valence electrons. The average molecular weight is 610 g/mol. The average Bonchev–Trinajstić information content (AvgIpc) is 3.59. The minimum atomic E-state index is -0.471. The van der Waals surface area contributed by atoms with Crippen LogP contribution in [0.4, 0.5) is 5.69 Å². The number of H-pyrrole nitrogens is 1. The number of aromatic nitrogens is 4. The first-order valence-electron chi connectivity index (χ1n) is 16.0. The summed E-state index contributed by atoms with van der Waals surface area (Å²) in [7, 11) is 1.69. The normalized spacial score (nSPS) is 17.8. The van der Waals surface area contributed by atoms with Gasteiger partial charge in [-0.25, -0.2) is 4.98 Å². The monoisotopic (exact) mass is 609 g/mol. The number of amides is 1. The van der Waals surface area contributed by atoms with Gasteiger partial charge in [-0.2, -0.15) is 5.10 Å². The highest BCUT2D eigenvalue weighted by molar-refractivity contribution is 5.95. The summed E-state index contributed by atoms with van der Waals surface area (Å²) in [6.45, 7) is 4.74. The fraction of sp³-hybridized carbons (Fsp3) is 0.429. The third-order valence-electron chi connectivity index (χ3n) is 8.96. The fourth-order valence-electron chi connectivity index (χ4n) is 6.48. The van der Waals surface area contributed by atoms with Crippen LogP contribution < -0.4 is 10.6 Å². The zero-order valence-electron chi connectivity index (χ0n) is 26.0. The highest BCUT2D eigenvalue weighted by atomic mass is 16.5. The lowest BCUT2D eigenvalue weighted by Gasteiger charge is -2.41. The van der Waals surface area contributed by atoms with E-state index in [-0.39, 0.29) is 11.9 Å². The van der Waals surface area contributed by atoms with E-state index < -0.39 is 5.54 Å². The Bertz CT molecular complexity index is 1540. The third-order valence-corrected chi connectivity index (χ3v) is 8.96. The van der Waals surface area contributed by atoms with Gasteiger partial charge in [0.2, 0.25) is 0 Å². The molecule has 2 aromatic heterocycles. The molecule has 0 saturated carbocycles. The molecule has 45 heavy (non-hydrogen) atoms. The Kier molecular flexibility index (Phi) is 10.1. The van der Waals surface area contributed by atoms with Crippen LogP contribution >= 0.6 is 0 Å². The highest BCUT2D eigenvalue weighted by Crippen LogP contribution is 2.36. The molecule has 1 amide bonds. The van der Waals surface area contributed by atoms with Crippen LogP contribution in [0.3, 0.4) is 0 Å². The molecule has 2 aliphatic rings. The summed E-state index contributed by atoms with van der Waals surface area (Å²) in [6, 6.07) is 20.1. The Labute approximate surface area is 265 Å². The first-order chi connectivity index (χ1) is 22.1. The zero-order chi connectivity index (χ0) is 30.9. The highest BCUT2D eigenvalue weighted by Gasteiger charge is 2.39. The van der Waals surface area contributed by atoms with Crippen molar-refractivity contribution in [2.24, 2.45) is 0 Å². The molecule has 1 aliphatic heterocycles. The number of nitrogens with one attached hydrogen (secondary N) is 3. The van der Waals surface area contributed by atoms with Gasteiger partial charge in [-0.05, 0) is 80.0 Å². The number of ether oxygens (including phenoxy) is 2. The smallest absolute Gasteiger partial charge is 0.251 e. The number of carbonyl (C=O) groups is 1. The van der Waals surface area contributed by atoms with E-state index in [1.54, 1.807) is 19.5 Å². The molecule has 2 aromatic carbocycles. The number of fused-ring (bicyclic) bond motifs is 1. The molecule has 4 aromatic rings. The lowest BCUT2D eigenvalue weighted by Crippen LogP contribution is -2.48. The van der Waals surface area contributed by atoms with Crippen molar-refractivity contribution < 1.29 is 14.3 Å². The summed E-state index contributed by atoms with van der Waals surface area (Å²) in [4.78, 5) is 25.1. The van der Waals surface area contributed by atoms with E-state index >= 15 is 0 Å². The maximum Gasteiger partial charge on any atom is 0.251 e. The largest absolute Gasteiger partial charge is 0.382 e. The van der Waals surface area contributed by atoms with Gasteiger partial charge in [0.25, 0.3) is 5.91 Å². The Morgan fingerprint density at radius 1 is 1.04 bits per heavy atom. The minimum absolute atomic E-state index is 0.0286. The molecule has 0 bridgehead atoms. The quantitative estimate of drug-likeness (QED) is 0.179. The number of pyridine rings is 1. The molecule has 0 radical (unpaired) electrons. The van der Waals surface area contributed by atoms with Crippen molar-refractivity contribution in [3.05, 3.63) is 95.6 Å². The first kappa shape index (κ1) is 30.9. The predicted molar refractivity (Wildman–Crippen MR) is 174 cm³/mol. The van der Waals surface area contributed by atoms with Crippen molar-refractivity contribution in [3.63, 3.8) is 0 Å².